The summed E-state index contributed by atoms with van der Waals surface area (Å²) in [5.74, 6) is 1.49. The standard InChI is InChI=1S/C19H25N5O2/c1-3-10-20-18-9-8-17(21-22-18)19(25)24-13-11-23(12-14-24)15-4-6-16(26-2)7-5-15/h4-9H,3,10-14H2,1-2H3,(H,20,22). The molecule has 2 heterocycles. The highest BCUT2D eigenvalue weighted by Crippen LogP contribution is 2.21. The van der Waals surface area contributed by atoms with Crippen molar-refractivity contribution in [2.75, 3.05) is 50.1 Å². The Morgan fingerprint density at radius 1 is 1.08 bits per heavy atom. The van der Waals surface area contributed by atoms with Crippen LogP contribution in [0.1, 0.15) is 23.8 Å². The number of piperazine rings is 1. The molecule has 3 rings (SSSR count). The topological polar surface area (TPSA) is 70.6 Å². The number of hydrogen-bond donors (Lipinski definition) is 1. The highest BCUT2D eigenvalue weighted by atomic mass is 16.5. The molecular weight excluding hydrogens is 330 g/mol. The normalized spacial score (nSPS) is 14.2. The highest BCUT2D eigenvalue weighted by molar-refractivity contribution is 5.92. The lowest BCUT2D eigenvalue weighted by atomic mass is 10.2. The highest BCUT2D eigenvalue weighted by Gasteiger charge is 2.23. The van der Waals surface area contributed by atoms with E-state index in [1.54, 1.807) is 13.2 Å². The van der Waals surface area contributed by atoms with Crippen LogP contribution in [-0.2, 0) is 0 Å². The van der Waals surface area contributed by atoms with Crippen molar-refractivity contribution < 1.29 is 9.53 Å². The third kappa shape index (κ3) is 4.22. The van der Waals surface area contributed by atoms with Crippen molar-refractivity contribution in [1.29, 1.82) is 0 Å². The summed E-state index contributed by atoms with van der Waals surface area (Å²) in [5.41, 5.74) is 1.54. The van der Waals surface area contributed by atoms with Gasteiger partial charge < -0.3 is 19.9 Å². The fraction of sp³-hybridized carbons (Fsp3) is 0.421. The van der Waals surface area contributed by atoms with Gasteiger partial charge in [0.25, 0.3) is 5.91 Å². The number of benzene rings is 1. The summed E-state index contributed by atoms with van der Waals surface area (Å²) in [6.45, 7) is 5.85. The molecule has 0 bridgehead atoms. The number of rotatable bonds is 6. The lowest BCUT2D eigenvalue weighted by Gasteiger charge is -2.36. The zero-order chi connectivity index (χ0) is 18.4. The van der Waals surface area contributed by atoms with Crippen LogP contribution in [0.3, 0.4) is 0 Å². The molecule has 1 aliphatic rings. The number of ether oxygens (including phenoxy) is 1. The van der Waals surface area contributed by atoms with E-state index in [-0.39, 0.29) is 5.91 Å². The molecule has 7 nitrogen and oxygen atoms in total. The van der Waals surface area contributed by atoms with Gasteiger partial charge in [-0.3, -0.25) is 4.79 Å². The van der Waals surface area contributed by atoms with E-state index in [4.69, 9.17) is 4.74 Å². The molecule has 26 heavy (non-hydrogen) atoms. The van der Waals surface area contributed by atoms with E-state index in [9.17, 15) is 4.79 Å². The number of amides is 1. The van der Waals surface area contributed by atoms with Crippen LogP contribution in [0, 0.1) is 0 Å². The van der Waals surface area contributed by atoms with Gasteiger partial charge in [-0.1, -0.05) is 6.92 Å². The van der Waals surface area contributed by atoms with Crippen LogP contribution in [0.4, 0.5) is 11.5 Å². The molecule has 1 aromatic heterocycles. The van der Waals surface area contributed by atoms with Gasteiger partial charge in [-0.15, -0.1) is 10.2 Å². The largest absolute Gasteiger partial charge is 0.497 e. The van der Waals surface area contributed by atoms with Crippen LogP contribution in [-0.4, -0.2) is 60.8 Å². The Hall–Kier alpha value is -2.83. The van der Waals surface area contributed by atoms with Crippen molar-refractivity contribution in [2.45, 2.75) is 13.3 Å². The zero-order valence-corrected chi connectivity index (χ0v) is 15.3. The first-order valence-corrected chi connectivity index (χ1v) is 8.97. The predicted octanol–water partition coefficient (Wildman–Crippen LogP) is 2.27. The number of aromatic nitrogens is 2. The molecule has 1 N–H and O–H groups in total. The average molecular weight is 355 g/mol. The van der Waals surface area contributed by atoms with E-state index in [0.29, 0.717) is 24.6 Å². The number of hydrogen-bond acceptors (Lipinski definition) is 6. The third-order valence-electron chi connectivity index (χ3n) is 4.44. The van der Waals surface area contributed by atoms with Gasteiger partial charge in [-0.25, -0.2) is 0 Å². The SMILES string of the molecule is CCCNc1ccc(C(=O)N2CCN(c3ccc(OC)cc3)CC2)nn1. The summed E-state index contributed by atoms with van der Waals surface area (Å²) in [7, 11) is 1.66. The maximum absolute atomic E-state index is 12.6. The van der Waals surface area contributed by atoms with Crippen LogP contribution in [0.5, 0.6) is 5.75 Å². The lowest BCUT2D eigenvalue weighted by Crippen LogP contribution is -2.49. The maximum atomic E-state index is 12.6. The molecule has 0 aliphatic carbocycles. The molecule has 7 heteroatoms. The second-order valence-corrected chi connectivity index (χ2v) is 6.21. The minimum atomic E-state index is -0.0612. The number of methoxy groups -OCH3 is 1. The molecule has 1 fully saturated rings. The van der Waals surface area contributed by atoms with Gasteiger partial charge in [0, 0.05) is 38.4 Å². The molecule has 2 aromatic rings. The van der Waals surface area contributed by atoms with Crippen LogP contribution in [0.15, 0.2) is 36.4 Å². The van der Waals surface area contributed by atoms with Gasteiger partial charge in [0.2, 0.25) is 0 Å². The Bertz CT molecular complexity index is 710. The van der Waals surface area contributed by atoms with Gasteiger partial charge in [-0.2, -0.15) is 0 Å². The summed E-state index contributed by atoms with van der Waals surface area (Å²) in [6, 6.07) is 11.5. The first-order chi connectivity index (χ1) is 12.7. The number of nitrogens with one attached hydrogen (secondary N) is 1. The smallest absolute Gasteiger partial charge is 0.274 e. The van der Waals surface area contributed by atoms with Crippen molar-refractivity contribution >= 4 is 17.4 Å². The summed E-state index contributed by atoms with van der Waals surface area (Å²) < 4.78 is 5.20. The van der Waals surface area contributed by atoms with Crippen LogP contribution in [0.25, 0.3) is 0 Å². The number of carbonyl (C=O) groups excluding carboxylic acids is 1. The van der Waals surface area contributed by atoms with E-state index in [1.807, 2.05) is 35.2 Å². The summed E-state index contributed by atoms with van der Waals surface area (Å²) in [6.07, 6.45) is 1.01. The Morgan fingerprint density at radius 3 is 2.38 bits per heavy atom. The van der Waals surface area contributed by atoms with E-state index in [0.717, 1.165) is 37.5 Å². The average Bonchev–Trinajstić information content (AvgIpc) is 2.72. The monoisotopic (exact) mass is 355 g/mol. The van der Waals surface area contributed by atoms with E-state index in [1.165, 1.54) is 0 Å². The number of nitrogens with zero attached hydrogens (tertiary/aromatic N) is 4. The Balaban J connectivity index is 1.55. The Kier molecular flexibility index (Phi) is 5.88. The molecule has 0 atom stereocenters. The maximum Gasteiger partial charge on any atom is 0.274 e. The second-order valence-electron chi connectivity index (χ2n) is 6.21. The Morgan fingerprint density at radius 2 is 1.81 bits per heavy atom. The van der Waals surface area contributed by atoms with Gasteiger partial charge in [0.15, 0.2) is 5.69 Å². The van der Waals surface area contributed by atoms with Gasteiger partial charge >= 0.3 is 0 Å². The van der Waals surface area contributed by atoms with Crippen LogP contribution < -0.4 is 15.0 Å². The van der Waals surface area contributed by atoms with Crippen molar-refractivity contribution in [3.05, 3.63) is 42.1 Å². The zero-order valence-electron chi connectivity index (χ0n) is 15.3. The van der Waals surface area contributed by atoms with Gasteiger partial charge in [-0.05, 0) is 42.8 Å². The van der Waals surface area contributed by atoms with E-state index in [2.05, 4.69) is 27.3 Å². The third-order valence-corrected chi connectivity index (χ3v) is 4.44. The molecule has 138 valence electrons. The summed E-state index contributed by atoms with van der Waals surface area (Å²) in [4.78, 5) is 16.7. The molecule has 1 saturated heterocycles. The van der Waals surface area contributed by atoms with Crippen molar-refractivity contribution in [3.63, 3.8) is 0 Å². The van der Waals surface area contributed by atoms with Crippen molar-refractivity contribution in [2.24, 2.45) is 0 Å². The fourth-order valence-corrected chi connectivity index (χ4v) is 2.92. The van der Waals surface area contributed by atoms with Crippen LogP contribution >= 0.6 is 0 Å². The van der Waals surface area contributed by atoms with Gasteiger partial charge in [0.1, 0.15) is 11.6 Å². The summed E-state index contributed by atoms with van der Waals surface area (Å²) >= 11 is 0. The van der Waals surface area contributed by atoms with Gasteiger partial charge in [0.05, 0.1) is 7.11 Å². The first kappa shape index (κ1) is 18.0. The predicted molar refractivity (Wildman–Crippen MR) is 102 cm³/mol. The molecule has 1 aliphatic heterocycles. The van der Waals surface area contributed by atoms with Crippen molar-refractivity contribution in [1.82, 2.24) is 15.1 Å². The summed E-state index contributed by atoms with van der Waals surface area (Å²) in [5, 5.41) is 11.3. The minimum Gasteiger partial charge on any atom is -0.497 e. The molecule has 1 amide bonds. The molecule has 0 radical (unpaired) electrons. The number of carbonyl (C=O) groups is 1. The molecule has 0 saturated carbocycles. The van der Waals surface area contributed by atoms with Crippen LogP contribution in [0.2, 0.25) is 0 Å². The number of anilines is 2. The Labute approximate surface area is 154 Å². The molecular formula is C19H25N5O2. The molecule has 1 aromatic carbocycles. The molecule has 0 unspecified atom stereocenters. The van der Waals surface area contributed by atoms with E-state index < -0.39 is 0 Å². The second kappa shape index (κ2) is 8.51. The minimum absolute atomic E-state index is 0.0612. The lowest BCUT2D eigenvalue weighted by molar-refractivity contribution is 0.0739. The van der Waals surface area contributed by atoms with Crippen molar-refractivity contribution in [3.8, 4) is 5.75 Å². The molecule has 0 spiro atoms. The first-order valence-electron chi connectivity index (χ1n) is 8.97. The van der Waals surface area contributed by atoms with E-state index >= 15 is 0 Å². The quantitative estimate of drug-likeness (QED) is 0.857. The fourth-order valence-electron chi connectivity index (χ4n) is 2.92.